The van der Waals surface area contributed by atoms with E-state index in [-0.39, 0.29) is 11.8 Å². The highest BCUT2D eigenvalue weighted by molar-refractivity contribution is 6.38. The van der Waals surface area contributed by atoms with Crippen molar-refractivity contribution in [3.05, 3.63) is 62.6 Å². The van der Waals surface area contributed by atoms with E-state index in [1.165, 1.54) is 0 Å². The second-order valence-electron chi connectivity index (χ2n) is 7.18. The average molecular weight is 428 g/mol. The zero-order valence-electron chi connectivity index (χ0n) is 15.9. The Morgan fingerprint density at radius 1 is 1.28 bits per heavy atom. The standard InChI is InChI=1S/C22H19Cl2N3O2/c1-13-15-3-2-14(12-25)10-20(15)26-19(13)11-17-18(23)5-4-16(21(17)24)22(28)27-6-8-29-9-7-27/h2-5,10,13H,6-9,11H2,1H3. The first kappa shape index (κ1) is 19.9. The van der Waals surface area contributed by atoms with E-state index in [2.05, 4.69) is 13.0 Å². The number of halogens is 2. The van der Waals surface area contributed by atoms with Crippen LogP contribution in [0, 0.1) is 11.3 Å². The van der Waals surface area contributed by atoms with E-state index in [4.69, 9.17) is 38.2 Å². The quantitative estimate of drug-likeness (QED) is 0.708. The Balaban J connectivity index is 1.64. The molecule has 1 amide bonds. The van der Waals surface area contributed by atoms with Crippen LogP contribution in [0.15, 0.2) is 35.3 Å². The van der Waals surface area contributed by atoms with E-state index in [9.17, 15) is 4.79 Å². The zero-order valence-corrected chi connectivity index (χ0v) is 17.4. The van der Waals surface area contributed by atoms with Crippen molar-refractivity contribution >= 4 is 40.5 Å². The number of fused-ring (bicyclic) bond motifs is 1. The Labute approximate surface area is 179 Å². The molecule has 4 rings (SSSR count). The molecule has 7 heteroatoms. The summed E-state index contributed by atoms with van der Waals surface area (Å²) in [6.07, 6.45) is 0.444. The first-order valence-corrected chi connectivity index (χ1v) is 10.2. The van der Waals surface area contributed by atoms with Crippen LogP contribution in [0.5, 0.6) is 0 Å². The molecule has 1 atom stereocenters. The Bertz CT molecular complexity index is 1050. The van der Waals surface area contributed by atoms with Crippen LogP contribution in [-0.2, 0) is 11.2 Å². The summed E-state index contributed by atoms with van der Waals surface area (Å²) in [4.78, 5) is 19.4. The Morgan fingerprint density at radius 3 is 2.76 bits per heavy atom. The molecule has 2 aliphatic heterocycles. The zero-order chi connectivity index (χ0) is 20.5. The minimum absolute atomic E-state index is 0.0866. The van der Waals surface area contributed by atoms with Gasteiger partial charge in [0.05, 0.1) is 41.1 Å². The number of nitriles is 1. The van der Waals surface area contributed by atoms with Crippen LogP contribution in [0.1, 0.15) is 39.9 Å². The molecule has 0 aliphatic carbocycles. The van der Waals surface area contributed by atoms with Gasteiger partial charge in [-0.2, -0.15) is 5.26 Å². The van der Waals surface area contributed by atoms with Crippen molar-refractivity contribution in [2.45, 2.75) is 19.3 Å². The van der Waals surface area contributed by atoms with Crippen LogP contribution >= 0.6 is 23.2 Å². The normalized spacial score (nSPS) is 18.2. The number of carbonyl (C=O) groups excluding carboxylic acids is 1. The molecule has 1 fully saturated rings. The molecule has 0 saturated carbocycles. The SMILES string of the molecule is CC1C(Cc2c(Cl)ccc(C(=O)N3CCOCC3)c2Cl)=Nc2cc(C#N)ccc21. The Hall–Kier alpha value is -2.39. The lowest BCUT2D eigenvalue weighted by atomic mass is 9.93. The minimum Gasteiger partial charge on any atom is -0.378 e. The van der Waals surface area contributed by atoms with E-state index in [0.717, 1.165) is 17.0 Å². The summed E-state index contributed by atoms with van der Waals surface area (Å²) >= 11 is 13.1. The molecule has 0 N–H and O–H groups in total. The fraction of sp³-hybridized carbons (Fsp3) is 0.318. The van der Waals surface area contributed by atoms with Gasteiger partial charge in [0, 0.05) is 36.2 Å². The van der Waals surface area contributed by atoms with E-state index in [1.807, 2.05) is 6.07 Å². The van der Waals surface area contributed by atoms with Crippen molar-refractivity contribution in [2.75, 3.05) is 26.3 Å². The van der Waals surface area contributed by atoms with Gasteiger partial charge in [-0.1, -0.05) is 36.2 Å². The molecule has 0 spiro atoms. The number of ether oxygens (including phenoxy) is 1. The molecule has 0 aromatic heterocycles. The number of carbonyl (C=O) groups is 1. The van der Waals surface area contributed by atoms with Gasteiger partial charge in [0.15, 0.2) is 0 Å². The highest BCUT2D eigenvalue weighted by Gasteiger charge is 2.27. The van der Waals surface area contributed by atoms with Crippen molar-refractivity contribution in [2.24, 2.45) is 4.99 Å². The second-order valence-corrected chi connectivity index (χ2v) is 7.96. The number of morpholine rings is 1. The third kappa shape index (κ3) is 3.76. The number of rotatable bonds is 3. The third-order valence-electron chi connectivity index (χ3n) is 5.46. The largest absolute Gasteiger partial charge is 0.378 e. The molecule has 2 aromatic rings. The lowest BCUT2D eigenvalue weighted by molar-refractivity contribution is 0.0303. The lowest BCUT2D eigenvalue weighted by Crippen LogP contribution is -2.40. The van der Waals surface area contributed by atoms with Crippen LogP contribution in [-0.4, -0.2) is 42.8 Å². The van der Waals surface area contributed by atoms with Crippen LogP contribution in [0.25, 0.3) is 0 Å². The summed E-state index contributed by atoms with van der Waals surface area (Å²) < 4.78 is 5.32. The Kier molecular flexibility index (Phi) is 5.60. The van der Waals surface area contributed by atoms with Crippen LogP contribution in [0.3, 0.4) is 0 Å². The van der Waals surface area contributed by atoms with Gasteiger partial charge in [-0.15, -0.1) is 0 Å². The molecule has 2 aliphatic rings. The van der Waals surface area contributed by atoms with Crippen molar-refractivity contribution in [3.8, 4) is 6.07 Å². The monoisotopic (exact) mass is 427 g/mol. The molecule has 29 heavy (non-hydrogen) atoms. The van der Waals surface area contributed by atoms with Gasteiger partial charge >= 0.3 is 0 Å². The molecule has 148 valence electrons. The highest BCUT2D eigenvalue weighted by atomic mass is 35.5. The van der Waals surface area contributed by atoms with Gasteiger partial charge in [-0.05, 0) is 35.4 Å². The van der Waals surface area contributed by atoms with Crippen LogP contribution in [0.2, 0.25) is 10.0 Å². The predicted molar refractivity (Wildman–Crippen MR) is 114 cm³/mol. The first-order chi connectivity index (χ1) is 14.0. The minimum atomic E-state index is -0.112. The van der Waals surface area contributed by atoms with Gasteiger partial charge < -0.3 is 9.64 Å². The van der Waals surface area contributed by atoms with E-state index in [0.29, 0.717) is 59.5 Å². The first-order valence-electron chi connectivity index (χ1n) is 9.45. The Morgan fingerprint density at radius 2 is 2.03 bits per heavy atom. The highest BCUT2D eigenvalue weighted by Crippen LogP contribution is 2.39. The molecule has 0 bridgehead atoms. The number of aliphatic imine (C=N–C) groups is 1. The van der Waals surface area contributed by atoms with Crippen molar-refractivity contribution in [1.82, 2.24) is 4.90 Å². The average Bonchev–Trinajstić information content (AvgIpc) is 3.06. The van der Waals surface area contributed by atoms with Crippen molar-refractivity contribution < 1.29 is 9.53 Å². The number of benzene rings is 2. The summed E-state index contributed by atoms with van der Waals surface area (Å²) in [6.45, 7) is 4.23. The fourth-order valence-electron chi connectivity index (χ4n) is 3.74. The third-order valence-corrected chi connectivity index (χ3v) is 6.25. The number of amides is 1. The maximum Gasteiger partial charge on any atom is 0.255 e. The summed E-state index contributed by atoms with van der Waals surface area (Å²) in [6, 6.07) is 11.1. The summed E-state index contributed by atoms with van der Waals surface area (Å²) in [5.41, 5.74) is 4.52. The molecular formula is C22H19Cl2N3O2. The van der Waals surface area contributed by atoms with Gasteiger partial charge in [0.25, 0.3) is 5.91 Å². The van der Waals surface area contributed by atoms with Crippen LogP contribution in [0.4, 0.5) is 5.69 Å². The second kappa shape index (κ2) is 8.16. The smallest absolute Gasteiger partial charge is 0.255 e. The molecular weight excluding hydrogens is 409 g/mol. The number of hydrogen-bond donors (Lipinski definition) is 0. The molecule has 0 radical (unpaired) electrons. The van der Waals surface area contributed by atoms with Crippen molar-refractivity contribution in [1.29, 1.82) is 5.26 Å². The number of nitrogens with zero attached hydrogens (tertiary/aromatic N) is 3. The maximum atomic E-state index is 12.9. The maximum absolute atomic E-state index is 12.9. The molecule has 2 heterocycles. The van der Waals surface area contributed by atoms with Gasteiger partial charge in [-0.3, -0.25) is 9.79 Å². The predicted octanol–water partition coefficient (Wildman–Crippen LogP) is 4.77. The fourth-order valence-corrected chi connectivity index (χ4v) is 4.33. The van der Waals surface area contributed by atoms with Gasteiger partial charge in [0.2, 0.25) is 0 Å². The molecule has 2 aromatic carbocycles. The topological polar surface area (TPSA) is 65.7 Å². The lowest BCUT2D eigenvalue weighted by Gasteiger charge is -2.27. The van der Waals surface area contributed by atoms with Gasteiger partial charge in [-0.25, -0.2) is 0 Å². The van der Waals surface area contributed by atoms with Crippen LogP contribution < -0.4 is 0 Å². The summed E-state index contributed by atoms with van der Waals surface area (Å²) in [5, 5.41) is 10.0. The van der Waals surface area contributed by atoms with E-state index >= 15 is 0 Å². The molecule has 5 nitrogen and oxygen atoms in total. The van der Waals surface area contributed by atoms with E-state index < -0.39 is 0 Å². The summed E-state index contributed by atoms with van der Waals surface area (Å²) in [7, 11) is 0. The number of hydrogen-bond acceptors (Lipinski definition) is 4. The molecule has 1 saturated heterocycles. The van der Waals surface area contributed by atoms with Crippen molar-refractivity contribution in [3.63, 3.8) is 0 Å². The van der Waals surface area contributed by atoms with E-state index in [1.54, 1.807) is 29.2 Å². The van der Waals surface area contributed by atoms with Gasteiger partial charge in [0.1, 0.15) is 0 Å². The summed E-state index contributed by atoms with van der Waals surface area (Å²) in [5.74, 6) is -0.0250. The molecule has 1 unspecified atom stereocenters.